The predicted octanol–water partition coefficient (Wildman–Crippen LogP) is -0.294. The molecule has 2 amide bonds. The average molecular weight is 488 g/mol. The van der Waals surface area contributed by atoms with E-state index in [9.17, 15) is 24.7 Å². The largest absolute Gasteiger partial charge is 0.477 e. The second-order valence-electron chi connectivity index (χ2n) is 6.55. The Morgan fingerprint density at radius 1 is 1.48 bits per heavy atom. The lowest BCUT2D eigenvalue weighted by molar-refractivity contribution is -0.150. The molecule has 0 saturated carbocycles. The quantitative estimate of drug-likeness (QED) is 0.172. The second kappa shape index (κ2) is 9.04. The maximum Gasteiger partial charge on any atom is 0.353 e. The fourth-order valence-electron chi connectivity index (χ4n) is 3.18. The molecule has 2 saturated heterocycles. The molecule has 0 bridgehead atoms. The zero-order chi connectivity index (χ0) is 22.1. The third-order valence-electron chi connectivity index (χ3n) is 4.64. The van der Waals surface area contributed by atoms with Gasteiger partial charge in [-0.2, -0.15) is 0 Å². The molecule has 3 aliphatic rings. The summed E-state index contributed by atoms with van der Waals surface area (Å²) in [7, 11) is 0. The SMILES string of the molecule is Nc1nc(/C(=N/O)C(=O)NC2C(=O)N3C(C(=O)O)=C(SCC4COCO4)CS[C@H]23)cs1. The minimum absolute atomic E-state index is 0.0744. The Balaban J connectivity index is 1.45. The maximum absolute atomic E-state index is 12.7. The lowest BCUT2D eigenvalue weighted by Gasteiger charge is -2.49. The van der Waals surface area contributed by atoms with Crippen LogP contribution in [0.3, 0.4) is 0 Å². The number of ether oxygens (including phenoxy) is 2. The number of anilines is 1. The van der Waals surface area contributed by atoms with Crippen molar-refractivity contribution in [3.05, 3.63) is 21.7 Å². The zero-order valence-corrected chi connectivity index (χ0v) is 18.2. The van der Waals surface area contributed by atoms with Crippen molar-refractivity contribution in [2.75, 3.05) is 30.6 Å². The van der Waals surface area contributed by atoms with Gasteiger partial charge in [0.1, 0.15) is 29.6 Å². The van der Waals surface area contributed by atoms with Crippen LogP contribution in [0.5, 0.6) is 0 Å². The zero-order valence-electron chi connectivity index (χ0n) is 15.7. The first kappa shape index (κ1) is 21.9. The highest BCUT2D eigenvalue weighted by Crippen LogP contribution is 2.43. The molecule has 0 aromatic carbocycles. The van der Waals surface area contributed by atoms with E-state index >= 15 is 0 Å². The Kier molecular flexibility index (Phi) is 6.38. The van der Waals surface area contributed by atoms with Crippen molar-refractivity contribution in [3.8, 4) is 0 Å². The standard InChI is InChI=1S/C16H17N5O7S3/c17-16-18-7(3-31-16)9(20-26)12(22)19-10-13(23)21-11(15(24)25)8(4-30-14(10)21)29-2-6-1-27-5-28-6/h3,6,10,14,26H,1-2,4-5H2,(H2,17,18)(H,19,22)(H,24,25)/b20-9-/t6?,10?,14-/m1/s1. The Hall–Kier alpha value is -2.33. The number of thioether (sulfide) groups is 2. The van der Waals surface area contributed by atoms with Crippen LogP contribution < -0.4 is 11.1 Å². The molecule has 0 spiro atoms. The summed E-state index contributed by atoms with van der Waals surface area (Å²) in [5.41, 5.74) is 5.14. The summed E-state index contributed by atoms with van der Waals surface area (Å²) in [5, 5.41) is 25.4. The van der Waals surface area contributed by atoms with Crippen LogP contribution in [0.15, 0.2) is 21.1 Å². The van der Waals surface area contributed by atoms with Crippen molar-refractivity contribution < 1.29 is 34.2 Å². The topological polar surface area (TPSA) is 177 Å². The molecule has 1 aromatic rings. The van der Waals surface area contributed by atoms with Crippen LogP contribution in [-0.2, 0) is 23.9 Å². The highest BCUT2D eigenvalue weighted by Gasteiger charge is 2.54. The van der Waals surface area contributed by atoms with Gasteiger partial charge in [0.15, 0.2) is 10.8 Å². The van der Waals surface area contributed by atoms with Gasteiger partial charge in [-0.25, -0.2) is 9.78 Å². The number of carboxylic acid groups (broad SMARTS) is 1. The molecule has 2 unspecified atom stereocenters. The normalized spacial score (nSPS) is 25.9. The van der Waals surface area contributed by atoms with Gasteiger partial charge in [0.25, 0.3) is 11.8 Å². The number of rotatable bonds is 7. The van der Waals surface area contributed by atoms with E-state index in [-0.39, 0.29) is 35.1 Å². The van der Waals surface area contributed by atoms with Gasteiger partial charge in [-0.05, 0) is 0 Å². The maximum atomic E-state index is 12.7. The summed E-state index contributed by atoms with van der Waals surface area (Å²) in [4.78, 5) is 42.7. The fourth-order valence-corrected chi connectivity index (χ4v) is 6.36. The second-order valence-corrected chi connectivity index (χ2v) is 9.66. The number of carbonyl (C=O) groups excluding carboxylic acids is 2. The van der Waals surface area contributed by atoms with Crippen molar-refractivity contribution >= 4 is 63.5 Å². The van der Waals surface area contributed by atoms with E-state index in [0.717, 1.165) is 11.3 Å². The number of carboxylic acids is 1. The van der Waals surface area contributed by atoms with Gasteiger partial charge in [0, 0.05) is 21.8 Å². The van der Waals surface area contributed by atoms with E-state index in [2.05, 4.69) is 15.5 Å². The third kappa shape index (κ3) is 4.23. The summed E-state index contributed by atoms with van der Waals surface area (Å²) in [5.74, 6) is -1.72. The lowest BCUT2D eigenvalue weighted by Crippen LogP contribution is -2.71. The fraction of sp³-hybridized carbons (Fsp3) is 0.438. The first-order valence-electron chi connectivity index (χ1n) is 8.88. The molecular formula is C16H17N5O7S3. The molecule has 4 heterocycles. The van der Waals surface area contributed by atoms with Crippen LogP contribution in [0.2, 0.25) is 0 Å². The van der Waals surface area contributed by atoms with Crippen LogP contribution in [-0.4, -0.2) is 86.1 Å². The summed E-state index contributed by atoms with van der Waals surface area (Å²) in [6, 6.07) is -0.960. The molecule has 12 nitrogen and oxygen atoms in total. The number of nitrogen functional groups attached to an aromatic ring is 1. The van der Waals surface area contributed by atoms with Crippen molar-refractivity contribution in [2.24, 2.45) is 5.16 Å². The van der Waals surface area contributed by atoms with Crippen LogP contribution in [0.1, 0.15) is 5.69 Å². The van der Waals surface area contributed by atoms with Gasteiger partial charge in [0.05, 0.1) is 12.7 Å². The van der Waals surface area contributed by atoms with Gasteiger partial charge < -0.3 is 30.8 Å². The van der Waals surface area contributed by atoms with E-state index < -0.39 is 29.2 Å². The number of thiazole rings is 1. The third-order valence-corrected chi connectivity index (χ3v) is 8.00. The molecule has 0 aliphatic carbocycles. The first-order chi connectivity index (χ1) is 14.9. The van der Waals surface area contributed by atoms with Gasteiger partial charge in [-0.15, -0.1) is 34.9 Å². The van der Waals surface area contributed by atoms with Gasteiger partial charge >= 0.3 is 5.97 Å². The number of hydrogen-bond acceptors (Lipinski definition) is 12. The van der Waals surface area contributed by atoms with Crippen molar-refractivity contribution in [1.29, 1.82) is 0 Å². The minimum atomic E-state index is -1.22. The summed E-state index contributed by atoms with van der Waals surface area (Å²) < 4.78 is 10.5. The summed E-state index contributed by atoms with van der Waals surface area (Å²) in [6.07, 6.45) is -0.134. The number of carbonyl (C=O) groups is 3. The van der Waals surface area contributed by atoms with E-state index in [4.69, 9.17) is 15.2 Å². The molecule has 4 rings (SSSR count). The number of amides is 2. The molecular weight excluding hydrogens is 470 g/mol. The van der Waals surface area contributed by atoms with Gasteiger partial charge in [0.2, 0.25) is 0 Å². The number of fused-ring (bicyclic) bond motifs is 1. The summed E-state index contributed by atoms with van der Waals surface area (Å²) >= 11 is 3.72. The number of nitrogens with one attached hydrogen (secondary N) is 1. The molecule has 15 heteroatoms. The molecule has 3 aliphatic heterocycles. The first-order valence-corrected chi connectivity index (χ1v) is 11.8. The van der Waals surface area contributed by atoms with Crippen LogP contribution in [0, 0.1) is 0 Å². The van der Waals surface area contributed by atoms with Crippen molar-refractivity contribution in [3.63, 3.8) is 0 Å². The monoisotopic (exact) mass is 487 g/mol. The van der Waals surface area contributed by atoms with E-state index in [1.54, 1.807) is 0 Å². The van der Waals surface area contributed by atoms with E-state index in [1.807, 2.05) is 0 Å². The Morgan fingerprint density at radius 3 is 2.90 bits per heavy atom. The molecule has 166 valence electrons. The van der Waals surface area contributed by atoms with Gasteiger partial charge in [-0.1, -0.05) is 5.16 Å². The van der Waals surface area contributed by atoms with E-state index in [0.29, 0.717) is 23.0 Å². The summed E-state index contributed by atoms with van der Waals surface area (Å²) in [6.45, 7) is 0.653. The number of β-lactam (4-membered cyclic amide) rings is 1. The Bertz CT molecular complexity index is 975. The van der Waals surface area contributed by atoms with Crippen LogP contribution >= 0.6 is 34.9 Å². The van der Waals surface area contributed by atoms with Crippen molar-refractivity contribution in [2.45, 2.75) is 17.5 Å². The number of oxime groups is 1. The molecule has 1 aromatic heterocycles. The Morgan fingerprint density at radius 2 is 2.29 bits per heavy atom. The lowest BCUT2D eigenvalue weighted by atomic mass is 10.0. The highest BCUT2D eigenvalue weighted by atomic mass is 32.2. The number of aromatic nitrogens is 1. The minimum Gasteiger partial charge on any atom is -0.477 e. The number of nitrogens with zero attached hydrogens (tertiary/aromatic N) is 3. The smallest absolute Gasteiger partial charge is 0.353 e. The van der Waals surface area contributed by atoms with Gasteiger partial charge in [-0.3, -0.25) is 14.5 Å². The Labute approximate surface area is 187 Å². The van der Waals surface area contributed by atoms with E-state index in [1.165, 1.54) is 33.8 Å². The molecule has 3 atom stereocenters. The van der Waals surface area contributed by atoms with Crippen LogP contribution in [0.4, 0.5) is 5.13 Å². The van der Waals surface area contributed by atoms with Crippen molar-refractivity contribution in [1.82, 2.24) is 15.2 Å². The van der Waals surface area contributed by atoms with Crippen LogP contribution in [0.25, 0.3) is 0 Å². The number of hydrogen-bond donors (Lipinski definition) is 4. The molecule has 31 heavy (non-hydrogen) atoms. The number of aliphatic carboxylic acids is 1. The predicted molar refractivity (Wildman–Crippen MR) is 113 cm³/mol. The highest BCUT2D eigenvalue weighted by molar-refractivity contribution is 8.06. The average Bonchev–Trinajstić information content (AvgIpc) is 3.42. The number of nitrogens with two attached hydrogens (primary N) is 1. The molecule has 0 radical (unpaired) electrons. The molecule has 5 N–H and O–H groups in total. The molecule has 2 fully saturated rings.